The number of furan rings is 1. The lowest BCUT2D eigenvalue weighted by molar-refractivity contribution is -0.141. The summed E-state index contributed by atoms with van der Waals surface area (Å²) in [6, 6.07) is 10.8. The number of rotatable bonds is 4. The van der Waals surface area contributed by atoms with E-state index in [1.165, 1.54) is 13.0 Å². The fraction of sp³-hybridized carbons (Fsp3) is 0.227. The quantitative estimate of drug-likeness (QED) is 0.609. The van der Waals surface area contributed by atoms with Crippen molar-refractivity contribution in [2.75, 3.05) is 6.54 Å². The van der Waals surface area contributed by atoms with Gasteiger partial charge in [0.1, 0.15) is 23.2 Å². The van der Waals surface area contributed by atoms with Gasteiger partial charge in [0, 0.05) is 16.2 Å². The molecule has 0 fully saturated rings. The molecule has 1 N–H and O–H groups in total. The van der Waals surface area contributed by atoms with Crippen LogP contribution in [0.3, 0.4) is 0 Å². The number of carbonyl (C=O) groups is 2. The van der Waals surface area contributed by atoms with Crippen molar-refractivity contribution < 1.29 is 19.1 Å². The van der Waals surface area contributed by atoms with E-state index >= 15 is 0 Å². The van der Waals surface area contributed by atoms with E-state index < -0.39 is 17.9 Å². The summed E-state index contributed by atoms with van der Waals surface area (Å²) >= 11 is 6.06. The van der Waals surface area contributed by atoms with Gasteiger partial charge in [0.05, 0.1) is 12.6 Å². The van der Waals surface area contributed by atoms with Crippen molar-refractivity contribution in [3.8, 4) is 17.4 Å². The van der Waals surface area contributed by atoms with Crippen LogP contribution < -0.4 is 0 Å². The maximum absolute atomic E-state index is 12.8. The van der Waals surface area contributed by atoms with Crippen LogP contribution in [-0.2, 0) is 9.59 Å². The van der Waals surface area contributed by atoms with E-state index in [2.05, 4.69) is 0 Å². The van der Waals surface area contributed by atoms with E-state index in [-0.39, 0.29) is 23.3 Å². The molecular formula is C22H19ClN2O4. The van der Waals surface area contributed by atoms with Gasteiger partial charge in [-0.2, -0.15) is 5.26 Å². The van der Waals surface area contributed by atoms with E-state index in [9.17, 15) is 20.0 Å². The molecule has 2 aromatic rings. The lowest BCUT2D eigenvalue weighted by Crippen LogP contribution is -2.45. The molecular weight excluding hydrogens is 392 g/mol. The molecule has 1 aliphatic heterocycles. The summed E-state index contributed by atoms with van der Waals surface area (Å²) in [6.45, 7) is 4.71. The number of aryl methyl sites for hydroxylation is 1. The summed E-state index contributed by atoms with van der Waals surface area (Å²) in [6.07, 6.45) is 0.591. The molecule has 2 heterocycles. The summed E-state index contributed by atoms with van der Waals surface area (Å²) in [7, 11) is 0. The van der Waals surface area contributed by atoms with Gasteiger partial charge in [-0.15, -0.1) is 0 Å². The molecule has 3 rings (SSSR count). The third-order valence-electron chi connectivity index (χ3n) is 4.63. The molecule has 1 aliphatic rings. The lowest BCUT2D eigenvalue weighted by atomic mass is 9.94. The van der Waals surface area contributed by atoms with E-state index in [0.29, 0.717) is 16.5 Å². The summed E-state index contributed by atoms with van der Waals surface area (Å²) in [5.41, 5.74) is 2.08. The third-order valence-corrected chi connectivity index (χ3v) is 5.05. The molecule has 0 aliphatic carbocycles. The third kappa shape index (κ3) is 4.02. The van der Waals surface area contributed by atoms with Crippen LogP contribution in [0.25, 0.3) is 17.4 Å². The molecule has 29 heavy (non-hydrogen) atoms. The van der Waals surface area contributed by atoms with E-state index in [0.717, 1.165) is 16.0 Å². The molecule has 0 saturated heterocycles. The van der Waals surface area contributed by atoms with Crippen LogP contribution in [0.2, 0.25) is 5.02 Å². The summed E-state index contributed by atoms with van der Waals surface area (Å²) in [5.74, 6) is -0.282. The average Bonchev–Trinajstić information content (AvgIpc) is 3.13. The lowest BCUT2D eigenvalue weighted by Gasteiger charge is -2.28. The number of hydrogen-bond acceptors (Lipinski definition) is 5. The Bertz CT molecular complexity index is 1100. The Labute approximate surface area is 173 Å². The predicted octanol–water partition coefficient (Wildman–Crippen LogP) is 3.88. The van der Waals surface area contributed by atoms with Crippen LogP contribution in [0, 0.1) is 18.3 Å². The van der Waals surface area contributed by atoms with Crippen LogP contribution in [0.1, 0.15) is 25.2 Å². The molecule has 0 bridgehead atoms. The van der Waals surface area contributed by atoms with Crippen molar-refractivity contribution in [2.45, 2.75) is 26.9 Å². The normalized spacial score (nSPS) is 17.1. The Hall–Kier alpha value is -3.14. The van der Waals surface area contributed by atoms with Crippen LogP contribution in [-0.4, -0.2) is 34.5 Å². The first kappa shape index (κ1) is 20.6. The Balaban J connectivity index is 2.02. The number of benzene rings is 1. The Morgan fingerprint density at radius 1 is 1.24 bits per heavy atom. The maximum Gasteiger partial charge on any atom is 0.271 e. The number of hydrogen-bond donors (Lipinski definition) is 1. The molecule has 148 valence electrons. The van der Waals surface area contributed by atoms with Crippen LogP contribution in [0.15, 0.2) is 51.5 Å². The molecule has 0 saturated carbocycles. The van der Waals surface area contributed by atoms with Gasteiger partial charge in [0.15, 0.2) is 0 Å². The number of halogens is 1. The minimum Gasteiger partial charge on any atom is -0.457 e. The average molecular weight is 411 g/mol. The fourth-order valence-corrected chi connectivity index (χ4v) is 3.20. The van der Waals surface area contributed by atoms with Crippen molar-refractivity contribution in [1.29, 1.82) is 5.26 Å². The number of aliphatic hydroxyl groups is 1. The number of nitriles is 1. The van der Waals surface area contributed by atoms with Gasteiger partial charge in [0.2, 0.25) is 0 Å². The highest BCUT2D eigenvalue weighted by Crippen LogP contribution is 2.30. The molecule has 1 atom stereocenters. The number of imide groups is 1. The summed E-state index contributed by atoms with van der Waals surface area (Å²) < 4.78 is 5.85. The summed E-state index contributed by atoms with van der Waals surface area (Å²) in [5, 5.41) is 19.6. The Morgan fingerprint density at radius 3 is 2.59 bits per heavy atom. The highest BCUT2D eigenvalue weighted by Gasteiger charge is 2.36. The van der Waals surface area contributed by atoms with Crippen molar-refractivity contribution in [3.05, 3.63) is 63.4 Å². The van der Waals surface area contributed by atoms with Crippen molar-refractivity contribution in [1.82, 2.24) is 4.90 Å². The number of amides is 2. The smallest absolute Gasteiger partial charge is 0.271 e. The van der Waals surface area contributed by atoms with E-state index in [4.69, 9.17) is 16.0 Å². The highest BCUT2D eigenvalue weighted by atomic mass is 35.5. The minimum absolute atomic E-state index is 0.128. The summed E-state index contributed by atoms with van der Waals surface area (Å²) in [4.78, 5) is 26.1. The zero-order chi connectivity index (χ0) is 21.3. The Morgan fingerprint density at radius 2 is 1.97 bits per heavy atom. The van der Waals surface area contributed by atoms with Gasteiger partial charge < -0.3 is 9.52 Å². The second-order valence-corrected chi connectivity index (χ2v) is 7.31. The van der Waals surface area contributed by atoms with Gasteiger partial charge in [-0.3, -0.25) is 14.5 Å². The van der Waals surface area contributed by atoms with Gasteiger partial charge in [-0.1, -0.05) is 11.6 Å². The maximum atomic E-state index is 12.8. The predicted molar refractivity (Wildman–Crippen MR) is 109 cm³/mol. The van der Waals surface area contributed by atoms with Gasteiger partial charge >= 0.3 is 0 Å². The molecule has 0 spiro atoms. The van der Waals surface area contributed by atoms with Gasteiger partial charge in [-0.05, 0) is 68.3 Å². The topological polar surface area (TPSA) is 94.5 Å². The van der Waals surface area contributed by atoms with Crippen molar-refractivity contribution in [2.24, 2.45) is 0 Å². The molecule has 2 amide bonds. The first-order valence-corrected chi connectivity index (χ1v) is 9.34. The molecule has 0 radical (unpaired) electrons. The molecule has 1 aromatic heterocycles. The zero-order valence-electron chi connectivity index (χ0n) is 16.2. The highest BCUT2D eigenvalue weighted by molar-refractivity contribution is 6.31. The largest absolute Gasteiger partial charge is 0.457 e. The first-order valence-electron chi connectivity index (χ1n) is 8.96. The Kier molecular flexibility index (Phi) is 5.73. The first-order chi connectivity index (χ1) is 13.7. The number of carbonyl (C=O) groups excluding carboxylic acids is 2. The molecule has 1 aromatic carbocycles. The fourth-order valence-electron chi connectivity index (χ4n) is 3.09. The number of β-amino-alcohol motifs (C(OH)–C–C–N with tert-alkyl or cyclic N) is 1. The molecule has 1 unspecified atom stereocenters. The monoisotopic (exact) mass is 410 g/mol. The van der Waals surface area contributed by atoms with Crippen molar-refractivity contribution in [3.63, 3.8) is 0 Å². The minimum atomic E-state index is -0.911. The number of aliphatic hydroxyl groups excluding tert-OH is 1. The SMILES string of the molecule is CC1=C(C#N)C(=O)N(CC(C)O)C(=O)/C1=C/c1ccc(-c2ccc(Cl)c(C)c2)o1. The zero-order valence-corrected chi connectivity index (χ0v) is 16.9. The van der Waals surface area contributed by atoms with Crippen LogP contribution in [0.5, 0.6) is 0 Å². The van der Waals surface area contributed by atoms with Crippen LogP contribution in [0.4, 0.5) is 0 Å². The van der Waals surface area contributed by atoms with E-state index in [1.54, 1.807) is 25.1 Å². The number of nitrogens with zero attached hydrogens (tertiary/aromatic N) is 2. The second kappa shape index (κ2) is 8.08. The standard InChI is InChI=1S/C22H19ClN2O4/c1-12-8-15(4-6-19(12)23)20-7-5-16(29-20)9-17-14(3)18(10-24)22(28)25(21(17)27)11-13(2)26/h4-9,13,26H,11H2,1-3H3/b17-9+. The van der Waals surface area contributed by atoms with E-state index in [1.807, 2.05) is 25.1 Å². The van der Waals surface area contributed by atoms with Crippen molar-refractivity contribution >= 4 is 29.5 Å². The second-order valence-electron chi connectivity index (χ2n) is 6.91. The van der Waals surface area contributed by atoms with Crippen LogP contribution >= 0.6 is 11.6 Å². The van der Waals surface area contributed by atoms with Gasteiger partial charge in [0.25, 0.3) is 11.8 Å². The molecule has 7 heteroatoms. The molecule has 6 nitrogen and oxygen atoms in total. The van der Waals surface area contributed by atoms with Gasteiger partial charge in [-0.25, -0.2) is 0 Å².